The van der Waals surface area contributed by atoms with Crippen LogP contribution in [0.25, 0.3) is 0 Å². The first kappa shape index (κ1) is 7.97. The summed E-state index contributed by atoms with van der Waals surface area (Å²) in [5, 5.41) is 17.4. The maximum Gasteiger partial charge on any atom is 0.248 e. The Morgan fingerprint density at radius 3 is 2.45 bits per heavy atom. The molecule has 0 amide bonds. The van der Waals surface area contributed by atoms with Crippen LogP contribution in [0.5, 0.6) is 0 Å². The molecule has 0 aromatic carbocycles. The Morgan fingerprint density at radius 2 is 1.91 bits per heavy atom. The molecule has 4 nitrogen and oxygen atoms in total. The molecule has 0 unspecified atom stereocenters. The zero-order valence-electron chi connectivity index (χ0n) is 5.87. The Balaban J connectivity index is 3.16. The molecule has 0 spiro atoms. The third-order valence-electron chi connectivity index (χ3n) is 1.45. The first-order valence-electron chi connectivity index (χ1n) is 3.20. The monoisotopic (exact) mass is 155 g/mol. The number of H-pyrrole nitrogens is 1. The topological polar surface area (TPSA) is 73.3 Å². The summed E-state index contributed by atoms with van der Waals surface area (Å²) in [4.78, 5) is 13.1. The molecule has 3 N–H and O–H groups in total. The molecule has 1 rings (SSSR count). The summed E-state index contributed by atoms with van der Waals surface area (Å²) in [5.41, 5.74) is 0.745. The Hall–Kier alpha value is -1.13. The van der Waals surface area contributed by atoms with Crippen molar-refractivity contribution in [2.24, 2.45) is 0 Å². The number of aromatic nitrogens is 1. The maximum atomic E-state index is 10.7. The smallest absolute Gasteiger partial charge is 0.248 e. The summed E-state index contributed by atoms with van der Waals surface area (Å²) in [6.45, 7) is -0.396. The summed E-state index contributed by atoms with van der Waals surface area (Å²) >= 11 is 0. The minimum atomic E-state index is -0.272. The van der Waals surface area contributed by atoms with Crippen molar-refractivity contribution in [1.29, 1.82) is 0 Å². The van der Waals surface area contributed by atoms with Gasteiger partial charge in [-0.05, 0) is 11.1 Å². The van der Waals surface area contributed by atoms with Crippen molar-refractivity contribution in [1.82, 2.24) is 4.98 Å². The summed E-state index contributed by atoms with van der Waals surface area (Å²) in [5.74, 6) is 0. The zero-order chi connectivity index (χ0) is 8.27. The van der Waals surface area contributed by atoms with E-state index < -0.39 is 0 Å². The third-order valence-corrected chi connectivity index (χ3v) is 1.45. The van der Waals surface area contributed by atoms with Crippen LogP contribution in [0.15, 0.2) is 17.1 Å². The lowest BCUT2D eigenvalue weighted by atomic mass is 10.1. The Kier molecular flexibility index (Phi) is 2.40. The highest BCUT2D eigenvalue weighted by Crippen LogP contribution is 2.03. The number of aliphatic hydroxyl groups is 2. The normalized spacial score (nSPS) is 10.0. The van der Waals surface area contributed by atoms with Gasteiger partial charge in [-0.3, -0.25) is 4.79 Å². The number of nitrogens with one attached hydrogen (secondary N) is 1. The van der Waals surface area contributed by atoms with Crippen LogP contribution in [0.2, 0.25) is 0 Å². The number of aromatic amines is 1. The van der Waals surface area contributed by atoms with E-state index in [4.69, 9.17) is 10.2 Å². The summed E-state index contributed by atoms with van der Waals surface area (Å²) < 4.78 is 0. The lowest BCUT2D eigenvalue weighted by Crippen LogP contribution is -2.08. The first-order chi connectivity index (χ1) is 5.27. The van der Waals surface area contributed by atoms with E-state index in [-0.39, 0.29) is 18.8 Å². The van der Waals surface area contributed by atoms with Crippen LogP contribution in [0, 0.1) is 0 Å². The molecular weight excluding hydrogens is 146 g/mol. The van der Waals surface area contributed by atoms with Gasteiger partial charge in [0.2, 0.25) is 5.56 Å². The van der Waals surface area contributed by atoms with Gasteiger partial charge in [0.25, 0.3) is 0 Å². The standard InChI is InChI=1S/C7H9NO3/c9-3-5-1-7(11)8-2-6(5)4-10/h1-2,9-10H,3-4H2,(H,8,11). The van der Waals surface area contributed by atoms with E-state index in [0.717, 1.165) is 0 Å². The SMILES string of the molecule is O=c1cc(CO)c(CO)c[nH]1. The van der Waals surface area contributed by atoms with Crippen LogP contribution in [-0.2, 0) is 13.2 Å². The zero-order valence-corrected chi connectivity index (χ0v) is 5.87. The molecule has 0 radical (unpaired) electrons. The van der Waals surface area contributed by atoms with E-state index in [1.807, 2.05) is 0 Å². The molecule has 0 aliphatic rings. The fourth-order valence-corrected chi connectivity index (χ4v) is 0.838. The van der Waals surface area contributed by atoms with Crippen molar-refractivity contribution < 1.29 is 10.2 Å². The summed E-state index contributed by atoms with van der Waals surface area (Å²) in [6.07, 6.45) is 1.40. The molecule has 1 heterocycles. The van der Waals surface area contributed by atoms with Gasteiger partial charge in [-0.25, -0.2) is 0 Å². The average Bonchev–Trinajstić information content (AvgIpc) is 2.04. The number of pyridine rings is 1. The van der Waals surface area contributed by atoms with Gasteiger partial charge in [-0.15, -0.1) is 0 Å². The van der Waals surface area contributed by atoms with E-state index in [1.165, 1.54) is 12.3 Å². The minimum Gasteiger partial charge on any atom is -0.392 e. The van der Waals surface area contributed by atoms with Gasteiger partial charge in [0.1, 0.15) is 0 Å². The number of hydrogen-bond donors (Lipinski definition) is 3. The highest BCUT2D eigenvalue weighted by atomic mass is 16.3. The van der Waals surface area contributed by atoms with Crippen LogP contribution in [-0.4, -0.2) is 15.2 Å². The Labute approximate surface area is 63.1 Å². The van der Waals surface area contributed by atoms with Crippen molar-refractivity contribution in [2.45, 2.75) is 13.2 Å². The van der Waals surface area contributed by atoms with E-state index in [1.54, 1.807) is 0 Å². The second kappa shape index (κ2) is 3.32. The second-order valence-electron chi connectivity index (χ2n) is 2.16. The summed E-state index contributed by atoms with van der Waals surface area (Å²) in [7, 11) is 0. The predicted octanol–water partition coefficient (Wildman–Crippen LogP) is -0.641. The average molecular weight is 155 g/mol. The Morgan fingerprint density at radius 1 is 1.27 bits per heavy atom. The van der Waals surface area contributed by atoms with Crippen molar-refractivity contribution in [2.75, 3.05) is 0 Å². The van der Waals surface area contributed by atoms with Crippen molar-refractivity contribution in [3.63, 3.8) is 0 Å². The van der Waals surface area contributed by atoms with Crippen molar-refractivity contribution in [3.05, 3.63) is 33.7 Å². The molecule has 0 fully saturated rings. The van der Waals surface area contributed by atoms with Gasteiger partial charge in [-0.2, -0.15) is 0 Å². The highest BCUT2D eigenvalue weighted by Gasteiger charge is 1.99. The van der Waals surface area contributed by atoms with Gasteiger partial charge < -0.3 is 15.2 Å². The lowest BCUT2D eigenvalue weighted by Gasteiger charge is -2.00. The van der Waals surface area contributed by atoms with Crippen LogP contribution >= 0.6 is 0 Å². The Bertz CT molecular complexity index is 292. The largest absolute Gasteiger partial charge is 0.392 e. The van der Waals surface area contributed by atoms with Crippen LogP contribution in [0.3, 0.4) is 0 Å². The molecule has 0 atom stereocenters. The molecule has 0 aliphatic heterocycles. The van der Waals surface area contributed by atoms with E-state index in [2.05, 4.69) is 4.98 Å². The molecule has 0 bridgehead atoms. The predicted molar refractivity (Wildman–Crippen MR) is 38.9 cm³/mol. The molecular formula is C7H9NO3. The molecule has 1 aromatic rings. The fraction of sp³-hybridized carbons (Fsp3) is 0.286. The van der Waals surface area contributed by atoms with Gasteiger partial charge in [0.15, 0.2) is 0 Å². The van der Waals surface area contributed by atoms with Crippen molar-refractivity contribution >= 4 is 0 Å². The molecule has 0 saturated carbocycles. The van der Waals surface area contributed by atoms with Gasteiger partial charge >= 0.3 is 0 Å². The van der Waals surface area contributed by atoms with Crippen molar-refractivity contribution in [3.8, 4) is 0 Å². The molecule has 1 aromatic heterocycles. The maximum absolute atomic E-state index is 10.7. The quantitative estimate of drug-likeness (QED) is 0.531. The van der Waals surface area contributed by atoms with E-state index in [0.29, 0.717) is 11.1 Å². The molecule has 0 saturated heterocycles. The lowest BCUT2D eigenvalue weighted by molar-refractivity contribution is 0.259. The van der Waals surface area contributed by atoms with E-state index in [9.17, 15) is 4.79 Å². The first-order valence-corrected chi connectivity index (χ1v) is 3.20. The molecule has 0 aliphatic carbocycles. The van der Waals surface area contributed by atoms with E-state index >= 15 is 0 Å². The minimum absolute atomic E-state index is 0.174. The fourth-order valence-electron chi connectivity index (χ4n) is 0.838. The summed E-state index contributed by atoms with van der Waals surface area (Å²) in [6, 6.07) is 1.27. The molecule has 11 heavy (non-hydrogen) atoms. The van der Waals surface area contributed by atoms with Crippen LogP contribution in [0.4, 0.5) is 0 Å². The van der Waals surface area contributed by atoms with Gasteiger partial charge in [0.05, 0.1) is 13.2 Å². The third kappa shape index (κ3) is 1.66. The van der Waals surface area contributed by atoms with Gasteiger partial charge in [-0.1, -0.05) is 0 Å². The second-order valence-corrected chi connectivity index (χ2v) is 2.16. The molecule has 4 heteroatoms. The van der Waals surface area contributed by atoms with Crippen LogP contribution in [0.1, 0.15) is 11.1 Å². The number of rotatable bonds is 2. The molecule has 60 valence electrons. The number of hydrogen-bond acceptors (Lipinski definition) is 3. The highest BCUT2D eigenvalue weighted by molar-refractivity contribution is 5.21. The number of aliphatic hydroxyl groups excluding tert-OH is 2. The van der Waals surface area contributed by atoms with Gasteiger partial charge in [0, 0.05) is 12.3 Å². The van der Waals surface area contributed by atoms with Crippen LogP contribution < -0.4 is 5.56 Å².